The molecule has 0 saturated carbocycles. The molecule has 0 N–H and O–H groups in total. The molecule has 0 unspecified atom stereocenters. The molecule has 2 rings (SSSR count). The normalized spacial score (nSPS) is 11.0. The number of ether oxygens (including phenoxy) is 1. The molecule has 0 aliphatic rings. The molecule has 0 amide bonds. The first-order valence-electron chi connectivity index (χ1n) is 6.45. The zero-order chi connectivity index (χ0) is 14.4. The van der Waals surface area contributed by atoms with E-state index in [-0.39, 0.29) is 5.88 Å². The lowest BCUT2D eigenvalue weighted by atomic mass is 10.2. The Kier molecular flexibility index (Phi) is 5.38. The van der Waals surface area contributed by atoms with Crippen LogP contribution in [-0.4, -0.2) is 42.3 Å². The fraction of sp³-hybridized carbons (Fsp3) is 0.429. The van der Waals surface area contributed by atoms with Gasteiger partial charge in [0.15, 0.2) is 0 Å². The molecule has 0 saturated heterocycles. The van der Waals surface area contributed by atoms with Crippen LogP contribution in [0.5, 0.6) is 5.75 Å². The SMILES string of the molecule is CN(C)CCCOc1ccc(-c2nnc(CCl)o2)cc1. The average molecular weight is 296 g/mol. The van der Waals surface area contributed by atoms with Crippen molar-refractivity contribution in [3.63, 3.8) is 0 Å². The van der Waals surface area contributed by atoms with Gasteiger partial charge in [-0.05, 0) is 44.8 Å². The molecule has 20 heavy (non-hydrogen) atoms. The van der Waals surface area contributed by atoms with Gasteiger partial charge in [-0.15, -0.1) is 21.8 Å². The van der Waals surface area contributed by atoms with Crippen molar-refractivity contribution in [2.24, 2.45) is 0 Å². The molecule has 0 bridgehead atoms. The number of hydrogen-bond acceptors (Lipinski definition) is 5. The van der Waals surface area contributed by atoms with Gasteiger partial charge in [-0.25, -0.2) is 0 Å². The van der Waals surface area contributed by atoms with E-state index in [1.54, 1.807) is 0 Å². The van der Waals surface area contributed by atoms with Crippen LogP contribution in [0.4, 0.5) is 0 Å². The summed E-state index contributed by atoms with van der Waals surface area (Å²) < 4.78 is 11.0. The lowest BCUT2D eigenvalue weighted by Gasteiger charge is -2.10. The van der Waals surface area contributed by atoms with E-state index in [1.165, 1.54) is 0 Å². The summed E-state index contributed by atoms with van der Waals surface area (Å²) in [5.74, 6) is 1.95. The summed E-state index contributed by atoms with van der Waals surface area (Å²) in [7, 11) is 4.10. The predicted octanol–water partition coefficient (Wildman–Crippen LogP) is 2.81. The number of halogens is 1. The minimum atomic E-state index is 0.222. The summed E-state index contributed by atoms with van der Waals surface area (Å²) in [6, 6.07) is 7.59. The van der Waals surface area contributed by atoms with Crippen molar-refractivity contribution in [2.75, 3.05) is 27.2 Å². The Morgan fingerprint density at radius 3 is 2.55 bits per heavy atom. The number of benzene rings is 1. The van der Waals surface area contributed by atoms with Crippen molar-refractivity contribution in [1.29, 1.82) is 0 Å². The van der Waals surface area contributed by atoms with Gasteiger partial charge in [-0.1, -0.05) is 0 Å². The number of alkyl halides is 1. The largest absolute Gasteiger partial charge is 0.494 e. The first kappa shape index (κ1) is 14.8. The number of rotatable bonds is 7. The van der Waals surface area contributed by atoms with E-state index in [4.69, 9.17) is 20.8 Å². The van der Waals surface area contributed by atoms with Crippen molar-refractivity contribution in [3.05, 3.63) is 30.2 Å². The van der Waals surface area contributed by atoms with Crippen LogP contribution in [0.15, 0.2) is 28.7 Å². The maximum atomic E-state index is 5.66. The topological polar surface area (TPSA) is 51.4 Å². The predicted molar refractivity (Wildman–Crippen MR) is 78.0 cm³/mol. The van der Waals surface area contributed by atoms with Crippen LogP contribution in [0.2, 0.25) is 0 Å². The molecule has 0 atom stereocenters. The Balaban J connectivity index is 1.89. The molecule has 0 aliphatic heterocycles. The van der Waals surface area contributed by atoms with E-state index in [0.717, 1.165) is 24.3 Å². The van der Waals surface area contributed by atoms with Gasteiger partial charge in [0.2, 0.25) is 11.8 Å². The maximum absolute atomic E-state index is 5.66. The molecule has 2 aromatic rings. The van der Waals surface area contributed by atoms with Crippen LogP contribution >= 0.6 is 11.6 Å². The Morgan fingerprint density at radius 2 is 1.95 bits per heavy atom. The molecular weight excluding hydrogens is 278 g/mol. The zero-order valence-corrected chi connectivity index (χ0v) is 12.4. The van der Waals surface area contributed by atoms with E-state index < -0.39 is 0 Å². The van der Waals surface area contributed by atoms with Crippen LogP contribution in [0.3, 0.4) is 0 Å². The summed E-state index contributed by atoms with van der Waals surface area (Å²) in [5, 5.41) is 7.76. The number of hydrogen-bond donors (Lipinski definition) is 0. The van der Waals surface area contributed by atoms with Gasteiger partial charge in [0.05, 0.1) is 6.61 Å². The molecule has 1 aromatic carbocycles. The third kappa shape index (κ3) is 4.21. The second-order valence-corrected chi connectivity index (χ2v) is 4.93. The van der Waals surface area contributed by atoms with Crippen molar-refractivity contribution < 1.29 is 9.15 Å². The van der Waals surface area contributed by atoms with Gasteiger partial charge in [-0.3, -0.25) is 0 Å². The maximum Gasteiger partial charge on any atom is 0.247 e. The van der Waals surface area contributed by atoms with Crippen molar-refractivity contribution in [3.8, 4) is 17.2 Å². The third-order valence-corrected chi connectivity index (χ3v) is 2.93. The standard InChI is InChI=1S/C14H18ClN3O2/c1-18(2)8-3-9-19-12-6-4-11(5-7-12)14-17-16-13(10-15)20-14/h4-7H,3,8-10H2,1-2H3. The Morgan fingerprint density at radius 1 is 1.20 bits per heavy atom. The minimum absolute atomic E-state index is 0.222. The van der Waals surface area contributed by atoms with Crippen molar-refractivity contribution >= 4 is 11.6 Å². The molecule has 1 heterocycles. The highest BCUT2D eigenvalue weighted by Gasteiger charge is 2.07. The van der Waals surface area contributed by atoms with Gasteiger partial charge in [0, 0.05) is 12.1 Å². The zero-order valence-electron chi connectivity index (χ0n) is 11.7. The lowest BCUT2D eigenvalue weighted by Crippen LogP contribution is -2.15. The molecule has 0 spiro atoms. The highest BCUT2D eigenvalue weighted by Crippen LogP contribution is 2.21. The van der Waals surface area contributed by atoms with Gasteiger partial charge >= 0.3 is 0 Å². The van der Waals surface area contributed by atoms with Gasteiger partial charge < -0.3 is 14.1 Å². The van der Waals surface area contributed by atoms with Gasteiger partial charge in [-0.2, -0.15) is 0 Å². The monoisotopic (exact) mass is 295 g/mol. The van der Waals surface area contributed by atoms with Gasteiger partial charge in [0.25, 0.3) is 0 Å². The van der Waals surface area contributed by atoms with Gasteiger partial charge in [0.1, 0.15) is 11.6 Å². The minimum Gasteiger partial charge on any atom is -0.494 e. The molecule has 5 nitrogen and oxygen atoms in total. The third-order valence-electron chi connectivity index (χ3n) is 2.70. The summed E-state index contributed by atoms with van der Waals surface area (Å²) in [4.78, 5) is 2.14. The Hall–Kier alpha value is -1.59. The van der Waals surface area contributed by atoms with Crippen molar-refractivity contribution in [1.82, 2.24) is 15.1 Å². The molecular formula is C14H18ClN3O2. The van der Waals surface area contributed by atoms with Crippen molar-refractivity contribution in [2.45, 2.75) is 12.3 Å². The Bertz CT molecular complexity index is 525. The first-order chi connectivity index (χ1) is 9.69. The summed E-state index contributed by atoms with van der Waals surface area (Å²) in [6.07, 6.45) is 0.998. The Labute approximate surface area is 123 Å². The van der Waals surface area contributed by atoms with Crippen LogP contribution in [-0.2, 0) is 5.88 Å². The molecule has 0 fully saturated rings. The number of nitrogens with zero attached hydrogens (tertiary/aromatic N) is 3. The lowest BCUT2D eigenvalue weighted by molar-refractivity contribution is 0.281. The molecule has 6 heteroatoms. The fourth-order valence-corrected chi connectivity index (χ4v) is 1.80. The smallest absolute Gasteiger partial charge is 0.247 e. The van der Waals surface area contributed by atoms with Crippen LogP contribution < -0.4 is 4.74 Å². The van der Waals surface area contributed by atoms with Crippen LogP contribution in [0.25, 0.3) is 11.5 Å². The molecule has 108 valence electrons. The van der Waals surface area contributed by atoms with E-state index >= 15 is 0 Å². The van der Waals surface area contributed by atoms with E-state index in [9.17, 15) is 0 Å². The quantitative estimate of drug-likeness (QED) is 0.581. The second-order valence-electron chi connectivity index (χ2n) is 4.66. The summed E-state index contributed by atoms with van der Waals surface area (Å²) in [6.45, 7) is 1.72. The number of aromatic nitrogens is 2. The highest BCUT2D eigenvalue weighted by atomic mass is 35.5. The van der Waals surface area contributed by atoms with Crippen LogP contribution in [0, 0.1) is 0 Å². The fourth-order valence-electron chi connectivity index (χ4n) is 1.69. The summed E-state index contributed by atoms with van der Waals surface area (Å²) in [5.41, 5.74) is 0.856. The second kappa shape index (κ2) is 7.26. The molecule has 0 aliphatic carbocycles. The highest BCUT2D eigenvalue weighted by molar-refractivity contribution is 6.16. The molecule has 1 aromatic heterocycles. The summed E-state index contributed by atoms with van der Waals surface area (Å²) >= 11 is 5.63. The average Bonchev–Trinajstić information content (AvgIpc) is 2.93. The first-order valence-corrected chi connectivity index (χ1v) is 6.99. The van der Waals surface area contributed by atoms with E-state index in [1.807, 2.05) is 38.4 Å². The van der Waals surface area contributed by atoms with E-state index in [2.05, 4.69) is 15.1 Å². The van der Waals surface area contributed by atoms with E-state index in [0.29, 0.717) is 18.4 Å². The van der Waals surface area contributed by atoms with Crippen LogP contribution in [0.1, 0.15) is 12.3 Å². The molecule has 0 radical (unpaired) electrons.